The lowest BCUT2D eigenvalue weighted by Gasteiger charge is -2.56. The van der Waals surface area contributed by atoms with Crippen LogP contribution in [-0.2, 0) is 11.2 Å². The van der Waals surface area contributed by atoms with E-state index in [1.165, 1.54) is 5.56 Å². The summed E-state index contributed by atoms with van der Waals surface area (Å²) in [6, 6.07) is 10.4. The first-order chi connectivity index (χ1) is 12.2. The van der Waals surface area contributed by atoms with Crippen LogP contribution in [0.25, 0.3) is 0 Å². The van der Waals surface area contributed by atoms with Gasteiger partial charge in [-0.3, -0.25) is 0 Å². The van der Waals surface area contributed by atoms with Crippen LogP contribution in [0.5, 0.6) is 0 Å². The van der Waals surface area contributed by atoms with E-state index in [4.69, 9.17) is 4.74 Å². The van der Waals surface area contributed by atoms with Gasteiger partial charge in [-0.1, -0.05) is 30.3 Å². The zero-order valence-electron chi connectivity index (χ0n) is 15.1. The van der Waals surface area contributed by atoms with Crippen molar-refractivity contribution in [2.75, 3.05) is 26.2 Å². The molecule has 1 saturated carbocycles. The van der Waals surface area contributed by atoms with Gasteiger partial charge in [-0.25, -0.2) is 4.79 Å². The molecule has 2 amide bonds. The van der Waals surface area contributed by atoms with E-state index in [2.05, 4.69) is 17.4 Å². The molecule has 138 valence electrons. The number of amides is 2. The number of nitrogens with zero attached hydrogens (tertiary/aromatic N) is 1. The van der Waals surface area contributed by atoms with E-state index in [-0.39, 0.29) is 23.7 Å². The van der Waals surface area contributed by atoms with Gasteiger partial charge in [0.2, 0.25) is 0 Å². The number of hydrogen-bond donors (Lipinski definition) is 2. The largest absolute Gasteiger partial charge is 0.392 e. The van der Waals surface area contributed by atoms with Crippen LogP contribution in [0.15, 0.2) is 30.3 Å². The molecule has 2 atom stereocenters. The maximum atomic E-state index is 12.3. The topological polar surface area (TPSA) is 61.8 Å². The van der Waals surface area contributed by atoms with Crippen molar-refractivity contribution in [3.63, 3.8) is 0 Å². The molecule has 0 aromatic heterocycles. The number of aliphatic hydroxyl groups excluding tert-OH is 1. The molecule has 2 N–H and O–H groups in total. The third-order valence-corrected chi connectivity index (χ3v) is 5.85. The molecular weight excluding hydrogens is 316 g/mol. The number of carbonyl (C=O) groups excluding carboxylic acids is 1. The molecule has 1 spiro atoms. The summed E-state index contributed by atoms with van der Waals surface area (Å²) >= 11 is 0. The number of rotatable bonds is 6. The lowest BCUT2D eigenvalue weighted by Crippen LogP contribution is -2.63. The maximum absolute atomic E-state index is 12.3. The fourth-order valence-electron chi connectivity index (χ4n) is 4.19. The molecule has 1 aromatic rings. The lowest BCUT2D eigenvalue weighted by atomic mass is 9.58. The lowest BCUT2D eigenvalue weighted by molar-refractivity contribution is -0.207. The average molecular weight is 346 g/mol. The Labute approximate surface area is 150 Å². The van der Waals surface area contributed by atoms with E-state index in [1.54, 1.807) is 0 Å². The molecule has 1 aliphatic heterocycles. The van der Waals surface area contributed by atoms with E-state index in [0.717, 1.165) is 32.1 Å². The monoisotopic (exact) mass is 346 g/mol. The summed E-state index contributed by atoms with van der Waals surface area (Å²) in [5, 5.41) is 13.3. The molecule has 5 heteroatoms. The molecular formula is C20H30N2O3. The van der Waals surface area contributed by atoms with Crippen molar-refractivity contribution in [3.8, 4) is 0 Å². The van der Waals surface area contributed by atoms with Crippen molar-refractivity contribution in [3.05, 3.63) is 35.9 Å². The Morgan fingerprint density at radius 2 is 2.04 bits per heavy atom. The van der Waals surface area contributed by atoms with E-state index in [1.807, 2.05) is 30.0 Å². The minimum Gasteiger partial charge on any atom is -0.392 e. The third kappa shape index (κ3) is 3.98. The van der Waals surface area contributed by atoms with Gasteiger partial charge in [0.1, 0.15) is 0 Å². The predicted molar refractivity (Wildman–Crippen MR) is 97.4 cm³/mol. The van der Waals surface area contributed by atoms with Gasteiger partial charge < -0.3 is 20.1 Å². The van der Waals surface area contributed by atoms with Crippen molar-refractivity contribution in [2.24, 2.45) is 5.41 Å². The van der Waals surface area contributed by atoms with Gasteiger partial charge in [0.25, 0.3) is 0 Å². The Balaban J connectivity index is 1.38. The van der Waals surface area contributed by atoms with Crippen molar-refractivity contribution >= 4 is 6.03 Å². The van der Waals surface area contributed by atoms with E-state index >= 15 is 0 Å². The number of ether oxygens (including phenoxy) is 1. The van der Waals surface area contributed by atoms with Gasteiger partial charge in [-0.2, -0.15) is 0 Å². The zero-order valence-corrected chi connectivity index (χ0v) is 15.1. The Kier molecular flexibility index (Phi) is 5.97. The van der Waals surface area contributed by atoms with Gasteiger partial charge in [0.05, 0.1) is 12.2 Å². The van der Waals surface area contributed by atoms with E-state index in [0.29, 0.717) is 26.2 Å². The van der Waals surface area contributed by atoms with Gasteiger partial charge in [-0.05, 0) is 38.2 Å². The van der Waals surface area contributed by atoms with Crippen LogP contribution >= 0.6 is 0 Å². The molecule has 1 aliphatic carbocycles. The van der Waals surface area contributed by atoms with Crippen LogP contribution < -0.4 is 5.32 Å². The Morgan fingerprint density at radius 1 is 1.32 bits per heavy atom. The number of aliphatic hydroxyl groups is 1. The van der Waals surface area contributed by atoms with Crippen molar-refractivity contribution in [1.82, 2.24) is 10.2 Å². The van der Waals surface area contributed by atoms with Crippen LogP contribution in [0.3, 0.4) is 0 Å². The number of likely N-dealkylation sites (tertiary alicyclic amines) is 1. The third-order valence-electron chi connectivity index (χ3n) is 5.85. The maximum Gasteiger partial charge on any atom is 0.317 e. The number of aryl methyl sites for hydroxylation is 1. The van der Waals surface area contributed by atoms with Crippen molar-refractivity contribution in [1.29, 1.82) is 0 Å². The van der Waals surface area contributed by atoms with E-state index < -0.39 is 0 Å². The van der Waals surface area contributed by atoms with Crippen LogP contribution in [0.4, 0.5) is 4.79 Å². The summed E-state index contributed by atoms with van der Waals surface area (Å²) in [5.41, 5.74) is 1.18. The highest BCUT2D eigenvalue weighted by molar-refractivity contribution is 5.74. The van der Waals surface area contributed by atoms with Crippen LogP contribution in [0.1, 0.15) is 38.2 Å². The molecule has 1 heterocycles. The summed E-state index contributed by atoms with van der Waals surface area (Å²) in [4.78, 5) is 14.2. The minimum absolute atomic E-state index is 0.0182. The normalized spacial score (nSPS) is 24.8. The second-order valence-corrected chi connectivity index (χ2v) is 7.24. The molecule has 2 unspecified atom stereocenters. The predicted octanol–water partition coefficient (Wildman–Crippen LogP) is 2.58. The second-order valence-electron chi connectivity index (χ2n) is 7.24. The molecule has 2 fully saturated rings. The zero-order chi connectivity index (χ0) is 17.7. The Hall–Kier alpha value is -1.59. The first kappa shape index (κ1) is 18.2. The minimum atomic E-state index is -0.278. The summed E-state index contributed by atoms with van der Waals surface area (Å²) in [5.74, 6) is 0. The average Bonchev–Trinajstić information content (AvgIpc) is 2.66. The first-order valence-corrected chi connectivity index (χ1v) is 9.52. The van der Waals surface area contributed by atoms with Crippen LogP contribution in [-0.4, -0.2) is 54.5 Å². The van der Waals surface area contributed by atoms with E-state index in [9.17, 15) is 9.90 Å². The summed E-state index contributed by atoms with van der Waals surface area (Å²) in [6.07, 6.45) is 4.20. The molecule has 0 bridgehead atoms. The number of hydrogen-bond acceptors (Lipinski definition) is 3. The standard InChI is InChI=1S/C20H30N2O3/c1-2-25-18-15-17(23)20(18)10-13-22(14-11-20)19(24)21-12-6-9-16-7-4-3-5-8-16/h3-5,7-8,17-18,23H,2,6,9-15H2,1H3,(H,21,24). The summed E-state index contributed by atoms with van der Waals surface area (Å²) in [7, 11) is 0. The van der Waals surface area contributed by atoms with Gasteiger partial charge in [0, 0.05) is 38.1 Å². The highest BCUT2D eigenvalue weighted by atomic mass is 16.5. The number of nitrogens with one attached hydrogen (secondary N) is 1. The highest BCUT2D eigenvalue weighted by Gasteiger charge is 2.56. The van der Waals surface area contributed by atoms with Crippen molar-refractivity contribution < 1.29 is 14.6 Å². The molecule has 1 saturated heterocycles. The fraction of sp³-hybridized carbons (Fsp3) is 0.650. The second kappa shape index (κ2) is 8.19. The number of benzene rings is 1. The van der Waals surface area contributed by atoms with Gasteiger partial charge in [-0.15, -0.1) is 0 Å². The van der Waals surface area contributed by atoms with Crippen molar-refractivity contribution in [2.45, 2.75) is 51.2 Å². The van der Waals surface area contributed by atoms with Gasteiger partial charge >= 0.3 is 6.03 Å². The number of urea groups is 1. The molecule has 2 aliphatic rings. The highest BCUT2D eigenvalue weighted by Crippen LogP contribution is 2.50. The molecule has 0 radical (unpaired) electrons. The van der Waals surface area contributed by atoms with Gasteiger partial charge in [0.15, 0.2) is 0 Å². The summed E-state index contributed by atoms with van der Waals surface area (Å²) < 4.78 is 5.78. The Bertz CT molecular complexity index is 553. The number of carbonyl (C=O) groups is 1. The summed E-state index contributed by atoms with van der Waals surface area (Å²) in [6.45, 7) is 4.77. The first-order valence-electron chi connectivity index (χ1n) is 9.52. The smallest absolute Gasteiger partial charge is 0.317 e. The number of piperidine rings is 1. The molecule has 3 rings (SSSR count). The molecule has 25 heavy (non-hydrogen) atoms. The molecule has 5 nitrogen and oxygen atoms in total. The van der Waals surface area contributed by atoms with Crippen LogP contribution in [0, 0.1) is 5.41 Å². The fourth-order valence-corrected chi connectivity index (χ4v) is 4.19. The quantitative estimate of drug-likeness (QED) is 0.778. The SMILES string of the molecule is CCOC1CC(O)C12CCN(C(=O)NCCCc1ccccc1)CC2. The Morgan fingerprint density at radius 3 is 2.68 bits per heavy atom. The van der Waals surface area contributed by atoms with Crippen LogP contribution in [0.2, 0.25) is 0 Å². The molecule has 1 aromatic carbocycles.